The van der Waals surface area contributed by atoms with Gasteiger partial charge in [-0.2, -0.15) is 0 Å². The number of carbonyl (C=O) groups is 1. The van der Waals surface area contributed by atoms with E-state index in [4.69, 9.17) is 0 Å². The molecular formula is C16H24O. The molecule has 0 aromatic heterocycles. The van der Waals surface area contributed by atoms with Crippen LogP contribution in [0, 0.1) is 35.5 Å². The van der Waals surface area contributed by atoms with Crippen molar-refractivity contribution in [2.24, 2.45) is 35.5 Å². The number of carbonyl (C=O) groups excluding carboxylic acids is 1. The molecule has 3 aliphatic carbocycles. The first-order valence-electron chi connectivity index (χ1n) is 7.46. The summed E-state index contributed by atoms with van der Waals surface area (Å²) in [6, 6.07) is 0. The number of unbranched alkanes of at least 4 members (excludes halogenated alkanes) is 2. The van der Waals surface area contributed by atoms with Crippen molar-refractivity contribution in [1.29, 1.82) is 0 Å². The summed E-state index contributed by atoms with van der Waals surface area (Å²) in [5, 5.41) is 0. The number of hydrogen-bond acceptors (Lipinski definition) is 1. The maximum atomic E-state index is 12.5. The van der Waals surface area contributed by atoms with E-state index in [2.05, 4.69) is 26.0 Å². The van der Waals surface area contributed by atoms with Crippen molar-refractivity contribution < 1.29 is 4.79 Å². The van der Waals surface area contributed by atoms with E-state index < -0.39 is 0 Å². The highest BCUT2D eigenvalue weighted by Crippen LogP contribution is 2.58. The summed E-state index contributed by atoms with van der Waals surface area (Å²) < 4.78 is 0. The molecule has 0 aromatic rings. The Kier molecular flexibility index (Phi) is 2.88. The van der Waals surface area contributed by atoms with Crippen LogP contribution in [0.15, 0.2) is 12.2 Å². The standard InChI is InChI=1S/C16H24O/c1-3-4-5-6-13-10(2)14-11-7-8-12(9-11)15(14)16(13)17/h7-8,10-15H,3-6,9H2,1-2H3/t10-,11+,12-,13-,14-,15+/m0/s1. The summed E-state index contributed by atoms with van der Waals surface area (Å²) in [7, 11) is 0. The molecule has 0 aromatic carbocycles. The van der Waals surface area contributed by atoms with Gasteiger partial charge in [0.1, 0.15) is 5.78 Å². The molecule has 0 unspecified atom stereocenters. The average Bonchev–Trinajstić information content (AvgIpc) is 2.97. The van der Waals surface area contributed by atoms with Crippen molar-refractivity contribution in [2.75, 3.05) is 0 Å². The van der Waals surface area contributed by atoms with Gasteiger partial charge >= 0.3 is 0 Å². The largest absolute Gasteiger partial charge is 0.299 e. The van der Waals surface area contributed by atoms with E-state index in [0.29, 0.717) is 35.4 Å². The van der Waals surface area contributed by atoms with Crippen molar-refractivity contribution in [2.45, 2.75) is 46.0 Å². The van der Waals surface area contributed by atoms with Crippen molar-refractivity contribution in [1.82, 2.24) is 0 Å². The van der Waals surface area contributed by atoms with E-state index >= 15 is 0 Å². The Labute approximate surface area is 105 Å². The van der Waals surface area contributed by atoms with E-state index in [9.17, 15) is 4.79 Å². The Bertz CT molecular complexity index is 343. The number of fused-ring (bicyclic) bond motifs is 5. The highest BCUT2D eigenvalue weighted by atomic mass is 16.1. The Hall–Kier alpha value is -0.590. The van der Waals surface area contributed by atoms with Gasteiger partial charge in [0.25, 0.3) is 0 Å². The Morgan fingerprint density at radius 1 is 1.24 bits per heavy atom. The minimum atomic E-state index is 0.391. The lowest BCUT2D eigenvalue weighted by Crippen LogP contribution is -2.21. The molecule has 1 heteroatoms. The summed E-state index contributed by atoms with van der Waals surface area (Å²) in [6.45, 7) is 4.58. The lowest BCUT2D eigenvalue weighted by atomic mass is 9.80. The molecule has 0 heterocycles. The van der Waals surface area contributed by atoms with Crippen LogP contribution in [-0.2, 0) is 4.79 Å². The molecule has 0 radical (unpaired) electrons. The predicted molar refractivity (Wildman–Crippen MR) is 69.5 cm³/mol. The minimum absolute atomic E-state index is 0.391. The summed E-state index contributed by atoms with van der Waals surface area (Å²) in [5.41, 5.74) is 0. The van der Waals surface area contributed by atoms with Gasteiger partial charge in [0.15, 0.2) is 0 Å². The first-order chi connectivity index (χ1) is 8.24. The molecule has 2 saturated carbocycles. The smallest absolute Gasteiger partial charge is 0.140 e. The molecule has 3 rings (SSSR count). The zero-order valence-corrected chi connectivity index (χ0v) is 11.1. The predicted octanol–water partition coefficient (Wildman–Crippen LogP) is 3.84. The van der Waals surface area contributed by atoms with Crippen LogP contribution in [0.3, 0.4) is 0 Å². The third-order valence-electron chi connectivity index (χ3n) is 5.57. The third kappa shape index (κ3) is 1.62. The lowest BCUT2D eigenvalue weighted by molar-refractivity contribution is -0.125. The molecule has 0 amide bonds. The second-order valence-electron chi connectivity index (χ2n) is 6.42. The number of ketones is 1. The van der Waals surface area contributed by atoms with E-state index in [1.54, 1.807) is 0 Å². The Morgan fingerprint density at radius 2 is 2.00 bits per heavy atom. The zero-order valence-electron chi connectivity index (χ0n) is 11.1. The van der Waals surface area contributed by atoms with Crippen LogP contribution >= 0.6 is 0 Å². The topological polar surface area (TPSA) is 17.1 Å². The van der Waals surface area contributed by atoms with Crippen LogP contribution in [0.4, 0.5) is 0 Å². The van der Waals surface area contributed by atoms with Gasteiger partial charge in [0, 0.05) is 11.8 Å². The SMILES string of the molecule is CCCCC[C@@H]1C(=O)[C@H]2[C@@H]([C@H]1C)[C@@H]1C=C[C@H]2C1. The normalized spacial score (nSPS) is 46.8. The van der Waals surface area contributed by atoms with E-state index in [-0.39, 0.29) is 0 Å². The monoisotopic (exact) mass is 232 g/mol. The molecule has 2 bridgehead atoms. The molecule has 17 heavy (non-hydrogen) atoms. The summed E-state index contributed by atoms with van der Waals surface area (Å²) in [4.78, 5) is 12.5. The maximum absolute atomic E-state index is 12.5. The summed E-state index contributed by atoms with van der Waals surface area (Å²) in [6.07, 6.45) is 10.9. The second kappa shape index (κ2) is 4.26. The van der Waals surface area contributed by atoms with Gasteiger partial charge in [0.2, 0.25) is 0 Å². The van der Waals surface area contributed by atoms with Gasteiger partial charge in [0.05, 0.1) is 0 Å². The van der Waals surface area contributed by atoms with Gasteiger partial charge in [-0.15, -0.1) is 0 Å². The molecule has 0 N–H and O–H groups in total. The van der Waals surface area contributed by atoms with Crippen molar-refractivity contribution in [3.63, 3.8) is 0 Å². The van der Waals surface area contributed by atoms with Crippen LogP contribution < -0.4 is 0 Å². The summed E-state index contributed by atoms with van der Waals surface area (Å²) >= 11 is 0. The zero-order chi connectivity index (χ0) is 12.0. The molecule has 0 spiro atoms. The van der Waals surface area contributed by atoms with E-state index in [1.807, 2.05) is 0 Å². The van der Waals surface area contributed by atoms with Crippen LogP contribution in [-0.4, -0.2) is 5.78 Å². The van der Waals surface area contributed by atoms with Crippen LogP contribution in [0.5, 0.6) is 0 Å². The first kappa shape index (κ1) is 11.5. The molecule has 2 fully saturated rings. The maximum Gasteiger partial charge on any atom is 0.140 e. The van der Waals surface area contributed by atoms with Gasteiger partial charge in [-0.3, -0.25) is 4.79 Å². The quantitative estimate of drug-likeness (QED) is 0.531. The second-order valence-corrected chi connectivity index (χ2v) is 6.42. The third-order valence-corrected chi connectivity index (χ3v) is 5.57. The number of rotatable bonds is 4. The van der Waals surface area contributed by atoms with E-state index in [1.165, 1.54) is 25.7 Å². The average molecular weight is 232 g/mol. The van der Waals surface area contributed by atoms with Crippen molar-refractivity contribution in [3.05, 3.63) is 12.2 Å². The van der Waals surface area contributed by atoms with E-state index in [0.717, 1.165) is 12.3 Å². The minimum Gasteiger partial charge on any atom is -0.299 e. The fraction of sp³-hybridized carbons (Fsp3) is 0.812. The number of allylic oxidation sites excluding steroid dienone is 2. The van der Waals surface area contributed by atoms with Gasteiger partial charge in [-0.1, -0.05) is 45.3 Å². The Morgan fingerprint density at radius 3 is 2.71 bits per heavy atom. The van der Waals surface area contributed by atoms with Gasteiger partial charge < -0.3 is 0 Å². The van der Waals surface area contributed by atoms with Crippen molar-refractivity contribution >= 4 is 5.78 Å². The number of Topliss-reactive ketones (excluding diaryl/α,β-unsaturated/α-hetero) is 1. The lowest BCUT2D eigenvalue weighted by Gasteiger charge is -2.23. The molecule has 3 aliphatic rings. The fourth-order valence-corrected chi connectivity index (χ4v) is 4.77. The molecule has 1 nitrogen and oxygen atoms in total. The highest BCUT2D eigenvalue weighted by Gasteiger charge is 2.57. The van der Waals surface area contributed by atoms with Crippen molar-refractivity contribution in [3.8, 4) is 0 Å². The molecule has 94 valence electrons. The summed E-state index contributed by atoms with van der Waals surface area (Å²) in [5.74, 6) is 4.11. The van der Waals surface area contributed by atoms with Crippen LogP contribution in [0.1, 0.15) is 46.0 Å². The first-order valence-corrected chi connectivity index (χ1v) is 7.46. The molecule has 0 aliphatic heterocycles. The molecular weight excluding hydrogens is 208 g/mol. The van der Waals surface area contributed by atoms with Crippen LogP contribution in [0.2, 0.25) is 0 Å². The molecule has 6 atom stereocenters. The molecule has 0 saturated heterocycles. The fourth-order valence-electron chi connectivity index (χ4n) is 4.77. The number of hydrogen-bond donors (Lipinski definition) is 0. The van der Waals surface area contributed by atoms with Gasteiger partial charge in [-0.25, -0.2) is 0 Å². The van der Waals surface area contributed by atoms with Gasteiger partial charge in [-0.05, 0) is 36.5 Å². The highest BCUT2D eigenvalue weighted by molar-refractivity contribution is 5.87. The Balaban J connectivity index is 1.71. The van der Waals surface area contributed by atoms with Crippen LogP contribution in [0.25, 0.3) is 0 Å².